The first-order chi connectivity index (χ1) is 4.63. The van der Waals surface area contributed by atoms with Crippen LogP contribution in [-0.4, -0.2) is 11.2 Å². The quantitative estimate of drug-likeness (QED) is 0.597. The zero-order valence-corrected chi connectivity index (χ0v) is 7.17. The van der Waals surface area contributed by atoms with Gasteiger partial charge in [-0.15, -0.1) is 6.58 Å². The van der Waals surface area contributed by atoms with E-state index in [1.54, 1.807) is 6.08 Å². The zero-order valence-electron chi connectivity index (χ0n) is 7.17. The lowest BCUT2D eigenvalue weighted by Crippen LogP contribution is -2.23. The number of aliphatic hydroxyl groups is 1. The molecule has 0 aromatic rings. The maximum atomic E-state index is 9.51. The molecule has 0 amide bonds. The summed E-state index contributed by atoms with van der Waals surface area (Å²) in [7, 11) is 0. The molecule has 0 fully saturated rings. The highest BCUT2D eigenvalue weighted by Gasteiger charge is 2.16. The van der Waals surface area contributed by atoms with Crippen LogP contribution in [0.1, 0.15) is 27.2 Å². The summed E-state index contributed by atoms with van der Waals surface area (Å²) in [6.07, 6.45) is 2.61. The van der Waals surface area contributed by atoms with Crippen LogP contribution in [-0.2, 0) is 0 Å². The molecule has 0 spiro atoms. The Labute approximate surface area is 63.8 Å². The first-order valence-corrected chi connectivity index (χ1v) is 3.94. The van der Waals surface area contributed by atoms with Crippen molar-refractivity contribution >= 4 is 0 Å². The van der Waals surface area contributed by atoms with Crippen molar-refractivity contribution in [1.82, 2.24) is 0 Å². The van der Waals surface area contributed by atoms with Crippen molar-refractivity contribution in [2.45, 2.75) is 33.3 Å². The minimum Gasteiger partial charge on any atom is -0.392 e. The van der Waals surface area contributed by atoms with Crippen LogP contribution in [0, 0.1) is 11.8 Å². The SMILES string of the molecule is C=C[C@@H](C)[C@@H](O)[C@H](C)CC. The third-order valence-electron chi connectivity index (χ3n) is 2.14. The van der Waals surface area contributed by atoms with Crippen LogP contribution < -0.4 is 0 Å². The average molecular weight is 142 g/mol. The minimum absolute atomic E-state index is 0.218. The number of aliphatic hydroxyl groups excluding tert-OH is 1. The summed E-state index contributed by atoms with van der Waals surface area (Å²) in [4.78, 5) is 0. The van der Waals surface area contributed by atoms with E-state index in [2.05, 4.69) is 20.4 Å². The van der Waals surface area contributed by atoms with Gasteiger partial charge in [-0.3, -0.25) is 0 Å². The Bertz CT molecular complexity index is 98.9. The van der Waals surface area contributed by atoms with Gasteiger partial charge in [-0.25, -0.2) is 0 Å². The van der Waals surface area contributed by atoms with E-state index in [1.807, 2.05) is 6.92 Å². The Kier molecular flexibility index (Phi) is 4.37. The zero-order chi connectivity index (χ0) is 8.15. The highest BCUT2D eigenvalue weighted by atomic mass is 16.3. The fourth-order valence-electron chi connectivity index (χ4n) is 0.899. The Morgan fingerprint density at radius 3 is 2.30 bits per heavy atom. The van der Waals surface area contributed by atoms with Gasteiger partial charge in [0.2, 0.25) is 0 Å². The van der Waals surface area contributed by atoms with E-state index in [4.69, 9.17) is 0 Å². The molecule has 0 aliphatic carbocycles. The molecule has 0 saturated heterocycles. The van der Waals surface area contributed by atoms with Crippen LogP contribution in [0.3, 0.4) is 0 Å². The molecule has 10 heavy (non-hydrogen) atoms. The van der Waals surface area contributed by atoms with Crippen LogP contribution in [0.4, 0.5) is 0 Å². The first-order valence-electron chi connectivity index (χ1n) is 3.94. The second-order valence-electron chi connectivity index (χ2n) is 2.97. The predicted molar refractivity (Wildman–Crippen MR) is 44.8 cm³/mol. The molecule has 0 rings (SSSR count). The lowest BCUT2D eigenvalue weighted by molar-refractivity contribution is 0.0814. The van der Waals surface area contributed by atoms with Crippen LogP contribution in [0.15, 0.2) is 12.7 Å². The van der Waals surface area contributed by atoms with Gasteiger partial charge in [-0.2, -0.15) is 0 Å². The monoisotopic (exact) mass is 142 g/mol. The maximum absolute atomic E-state index is 9.51. The maximum Gasteiger partial charge on any atom is 0.0625 e. The largest absolute Gasteiger partial charge is 0.392 e. The van der Waals surface area contributed by atoms with Crippen LogP contribution in [0.2, 0.25) is 0 Å². The molecule has 0 aliphatic heterocycles. The summed E-state index contributed by atoms with van der Waals surface area (Å²) in [5.41, 5.74) is 0. The van der Waals surface area contributed by atoms with E-state index < -0.39 is 0 Å². The third-order valence-corrected chi connectivity index (χ3v) is 2.14. The van der Waals surface area contributed by atoms with E-state index in [-0.39, 0.29) is 12.0 Å². The molecule has 0 aromatic heterocycles. The molecule has 60 valence electrons. The highest BCUT2D eigenvalue weighted by molar-refractivity contribution is 4.83. The van der Waals surface area contributed by atoms with Crippen LogP contribution in [0.5, 0.6) is 0 Å². The molecular formula is C9H18O. The molecule has 1 nitrogen and oxygen atoms in total. The minimum atomic E-state index is -0.220. The number of rotatable bonds is 4. The van der Waals surface area contributed by atoms with Gasteiger partial charge in [0.05, 0.1) is 6.10 Å². The Hall–Kier alpha value is -0.300. The van der Waals surface area contributed by atoms with E-state index in [0.29, 0.717) is 5.92 Å². The van der Waals surface area contributed by atoms with Crippen molar-refractivity contribution in [3.63, 3.8) is 0 Å². The second kappa shape index (κ2) is 4.51. The smallest absolute Gasteiger partial charge is 0.0625 e. The fourth-order valence-corrected chi connectivity index (χ4v) is 0.899. The number of hydrogen-bond acceptors (Lipinski definition) is 1. The molecule has 1 N–H and O–H groups in total. The Morgan fingerprint density at radius 1 is 1.50 bits per heavy atom. The summed E-state index contributed by atoms with van der Waals surface area (Å²) in [6.45, 7) is 9.78. The lowest BCUT2D eigenvalue weighted by Gasteiger charge is -2.20. The van der Waals surface area contributed by atoms with E-state index in [9.17, 15) is 5.11 Å². The lowest BCUT2D eigenvalue weighted by atomic mass is 9.92. The normalized spacial score (nSPS) is 19.6. The molecule has 1 heteroatoms. The van der Waals surface area contributed by atoms with Crippen LogP contribution in [0.25, 0.3) is 0 Å². The molecule has 0 unspecified atom stereocenters. The third kappa shape index (κ3) is 2.53. The molecule has 0 saturated carbocycles. The van der Waals surface area contributed by atoms with Crippen molar-refractivity contribution in [2.75, 3.05) is 0 Å². The van der Waals surface area contributed by atoms with Crippen molar-refractivity contribution in [2.24, 2.45) is 11.8 Å². The van der Waals surface area contributed by atoms with Gasteiger partial charge in [0.15, 0.2) is 0 Å². The molecule has 0 bridgehead atoms. The average Bonchev–Trinajstić information content (AvgIpc) is 2.00. The van der Waals surface area contributed by atoms with Gasteiger partial charge in [0, 0.05) is 0 Å². The van der Waals surface area contributed by atoms with Gasteiger partial charge in [-0.1, -0.05) is 33.3 Å². The van der Waals surface area contributed by atoms with Crippen molar-refractivity contribution in [3.05, 3.63) is 12.7 Å². The standard InChI is InChI=1S/C9H18O/c1-5-7(3)9(10)8(4)6-2/h5,7-10H,1,6H2,2-4H3/t7-,8-,9-/m1/s1. The van der Waals surface area contributed by atoms with E-state index >= 15 is 0 Å². The second-order valence-corrected chi connectivity index (χ2v) is 2.97. The highest BCUT2D eigenvalue weighted by Crippen LogP contribution is 2.15. The summed E-state index contributed by atoms with van der Waals surface area (Å²) < 4.78 is 0. The topological polar surface area (TPSA) is 20.2 Å². The molecule has 0 radical (unpaired) electrons. The summed E-state index contributed by atoms with van der Waals surface area (Å²) in [6, 6.07) is 0. The fraction of sp³-hybridized carbons (Fsp3) is 0.778. The van der Waals surface area contributed by atoms with Crippen LogP contribution >= 0.6 is 0 Å². The molecule has 3 atom stereocenters. The predicted octanol–water partition coefficient (Wildman–Crippen LogP) is 2.22. The Morgan fingerprint density at radius 2 is 2.00 bits per heavy atom. The molecule has 0 aliphatic rings. The number of hydrogen-bond donors (Lipinski definition) is 1. The van der Waals surface area contributed by atoms with Gasteiger partial charge in [0.1, 0.15) is 0 Å². The summed E-state index contributed by atoms with van der Waals surface area (Å²) >= 11 is 0. The van der Waals surface area contributed by atoms with Gasteiger partial charge < -0.3 is 5.11 Å². The molecule has 0 aromatic carbocycles. The molecular weight excluding hydrogens is 124 g/mol. The summed E-state index contributed by atoms with van der Waals surface area (Å²) in [5.74, 6) is 0.600. The van der Waals surface area contributed by atoms with Crippen molar-refractivity contribution in [3.8, 4) is 0 Å². The van der Waals surface area contributed by atoms with Gasteiger partial charge in [-0.05, 0) is 11.8 Å². The van der Waals surface area contributed by atoms with E-state index in [1.165, 1.54) is 0 Å². The van der Waals surface area contributed by atoms with Gasteiger partial charge in [0.25, 0.3) is 0 Å². The Balaban J connectivity index is 3.80. The van der Waals surface area contributed by atoms with Crippen molar-refractivity contribution < 1.29 is 5.11 Å². The molecule has 0 heterocycles. The summed E-state index contributed by atoms with van der Waals surface area (Å²) in [5, 5.41) is 9.51. The van der Waals surface area contributed by atoms with Crippen molar-refractivity contribution in [1.29, 1.82) is 0 Å². The first kappa shape index (κ1) is 9.70. The van der Waals surface area contributed by atoms with E-state index in [0.717, 1.165) is 6.42 Å². The van der Waals surface area contributed by atoms with Gasteiger partial charge >= 0.3 is 0 Å².